The van der Waals surface area contributed by atoms with Gasteiger partial charge in [-0.05, 0) is 41.4 Å². The SMILES string of the molecule is CCCC(C)NCC(C)Sc1ccc(Br)cn1. The van der Waals surface area contributed by atoms with Crippen LogP contribution in [0.3, 0.4) is 0 Å². The van der Waals surface area contributed by atoms with E-state index in [1.807, 2.05) is 24.0 Å². The van der Waals surface area contributed by atoms with Gasteiger partial charge in [0, 0.05) is 28.5 Å². The van der Waals surface area contributed by atoms with Crippen LogP contribution in [0, 0.1) is 0 Å². The van der Waals surface area contributed by atoms with Crippen LogP contribution in [-0.4, -0.2) is 22.8 Å². The first-order valence-corrected chi connectivity index (χ1v) is 7.80. The van der Waals surface area contributed by atoms with E-state index >= 15 is 0 Å². The number of hydrogen-bond acceptors (Lipinski definition) is 3. The van der Waals surface area contributed by atoms with Gasteiger partial charge in [-0.25, -0.2) is 4.98 Å². The highest BCUT2D eigenvalue weighted by Gasteiger charge is 2.07. The molecular weight excluding hydrogens is 296 g/mol. The molecule has 0 saturated carbocycles. The quantitative estimate of drug-likeness (QED) is 0.766. The Morgan fingerprint density at radius 1 is 1.41 bits per heavy atom. The third-order valence-corrected chi connectivity index (χ3v) is 4.02. The minimum atomic E-state index is 0.544. The average Bonchev–Trinajstić information content (AvgIpc) is 2.30. The van der Waals surface area contributed by atoms with Crippen LogP contribution < -0.4 is 5.32 Å². The molecule has 0 aliphatic carbocycles. The van der Waals surface area contributed by atoms with Crippen LogP contribution in [0.4, 0.5) is 0 Å². The molecule has 0 bridgehead atoms. The fourth-order valence-corrected chi connectivity index (χ4v) is 2.67. The highest BCUT2D eigenvalue weighted by atomic mass is 79.9. The van der Waals surface area contributed by atoms with Gasteiger partial charge in [0.2, 0.25) is 0 Å². The Balaban J connectivity index is 2.29. The minimum Gasteiger partial charge on any atom is -0.313 e. The van der Waals surface area contributed by atoms with E-state index in [4.69, 9.17) is 0 Å². The molecule has 4 heteroatoms. The van der Waals surface area contributed by atoms with E-state index in [-0.39, 0.29) is 0 Å². The summed E-state index contributed by atoms with van der Waals surface area (Å²) in [6.45, 7) is 7.74. The lowest BCUT2D eigenvalue weighted by molar-refractivity contribution is 0.511. The van der Waals surface area contributed by atoms with Crippen LogP contribution in [0.25, 0.3) is 0 Å². The van der Waals surface area contributed by atoms with Gasteiger partial charge < -0.3 is 5.32 Å². The summed E-state index contributed by atoms with van der Waals surface area (Å²) in [4.78, 5) is 4.37. The van der Waals surface area contributed by atoms with Crippen LogP contribution in [0.5, 0.6) is 0 Å². The predicted octanol–water partition coefficient (Wildman–Crippen LogP) is 4.10. The lowest BCUT2D eigenvalue weighted by atomic mass is 10.2. The first kappa shape index (κ1) is 15.0. The van der Waals surface area contributed by atoms with E-state index in [9.17, 15) is 0 Å². The zero-order chi connectivity index (χ0) is 12.7. The average molecular weight is 317 g/mol. The molecule has 0 aliphatic heterocycles. The first-order valence-electron chi connectivity index (χ1n) is 6.13. The van der Waals surface area contributed by atoms with Crippen molar-refractivity contribution in [2.45, 2.75) is 49.9 Å². The summed E-state index contributed by atoms with van der Waals surface area (Å²) >= 11 is 5.21. The Morgan fingerprint density at radius 3 is 2.76 bits per heavy atom. The van der Waals surface area contributed by atoms with Crippen molar-refractivity contribution in [3.63, 3.8) is 0 Å². The standard InChI is InChI=1S/C13H21BrN2S/c1-4-5-10(2)15-8-11(3)17-13-7-6-12(14)9-16-13/h6-7,9-11,15H,4-5,8H2,1-3H3. The van der Waals surface area contributed by atoms with Gasteiger partial charge in [-0.3, -0.25) is 0 Å². The highest BCUT2D eigenvalue weighted by Crippen LogP contribution is 2.21. The minimum absolute atomic E-state index is 0.544. The number of halogens is 1. The second-order valence-electron chi connectivity index (χ2n) is 4.34. The number of aromatic nitrogens is 1. The monoisotopic (exact) mass is 316 g/mol. The van der Waals surface area contributed by atoms with E-state index in [1.165, 1.54) is 12.8 Å². The Labute approximate surface area is 117 Å². The molecule has 1 N–H and O–H groups in total. The molecule has 0 aliphatic rings. The molecule has 0 spiro atoms. The van der Waals surface area contributed by atoms with Crippen LogP contribution in [0.2, 0.25) is 0 Å². The van der Waals surface area contributed by atoms with Crippen LogP contribution in [0.1, 0.15) is 33.6 Å². The van der Waals surface area contributed by atoms with Crippen molar-refractivity contribution < 1.29 is 0 Å². The number of thioether (sulfide) groups is 1. The van der Waals surface area contributed by atoms with Crippen molar-refractivity contribution in [2.24, 2.45) is 0 Å². The molecule has 0 saturated heterocycles. The number of nitrogens with one attached hydrogen (secondary N) is 1. The van der Waals surface area contributed by atoms with Crippen molar-refractivity contribution >= 4 is 27.7 Å². The molecule has 0 radical (unpaired) electrons. The zero-order valence-corrected chi connectivity index (χ0v) is 13.1. The molecule has 2 unspecified atom stereocenters. The molecule has 0 fully saturated rings. The molecule has 1 heterocycles. The summed E-state index contributed by atoms with van der Waals surface area (Å²) < 4.78 is 1.03. The molecule has 0 amide bonds. The maximum atomic E-state index is 4.37. The molecule has 2 atom stereocenters. The fourth-order valence-electron chi connectivity index (χ4n) is 1.58. The van der Waals surface area contributed by atoms with Gasteiger partial charge in [-0.1, -0.05) is 20.3 Å². The van der Waals surface area contributed by atoms with Crippen LogP contribution >= 0.6 is 27.7 Å². The van der Waals surface area contributed by atoms with E-state index in [0.29, 0.717) is 11.3 Å². The fraction of sp³-hybridized carbons (Fsp3) is 0.615. The lowest BCUT2D eigenvalue weighted by Gasteiger charge is -2.16. The summed E-state index contributed by atoms with van der Waals surface area (Å²) in [5, 5.41) is 5.19. The molecule has 17 heavy (non-hydrogen) atoms. The summed E-state index contributed by atoms with van der Waals surface area (Å²) in [6, 6.07) is 4.71. The van der Waals surface area contributed by atoms with Crippen molar-refractivity contribution in [1.29, 1.82) is 0 Å². The van der Waals surface area contributed by atoms with Crippen molar-refractivity contribution in [2.75, 3.05) is 6.54 Å². The van der Waals surface area contributed by atoms with Crippen molar-refractivity contribution in [3.05, 3.63) is 22.8 Å². The molecular formula is C13H21BrN2S. The van der Waals surface area contributed by atoms with Gasteiger partial charge >= 0.3 is 0 Å². The summed E-state index contributed by atoms with van der Waals surface area (Å²) in [7, 11) is 0. The molecule has 1 aromatic heterocycles. The number of nitrogens with zero attached hydrogens (tertiary/aromatic N) is 1. The van der Waals surface area contributed by atoms with Gasteiger partial charge in [0.25, 0.3) is 0 Å². The molecule has 0 aromatic carbocycles. The third-order valence-electron chi connectivity index (χ3n) is 2.50. The summed E-state index contributed by atoms with van der Waals surface area (Å²) in [6.07, 6.45) is 4.33. The maximum Gasteiger partial charge on any atom is 0.0963 e. The van der Waals surface area contributed by atoms with Gasteiger partial charge in [-0.15, -0.1) is 11.8 Å². The van der Waals surface area contributed by atoms with E-state index in [0.717, 1.165) is 16.0 Å². The number of pyridine rings is 1. The first-order chi connectivity index (χ1) is 8.11. The van der Waals surface area contributed by atoms with Gasteiger partial charge in [-0.2, -0.15) is 0 Å². The lowest BCUT2D eigenvalue weighted by Crippen LogP contribution is -2.31. The second-order valence-corrected chi connectivity index (χ2v) is 6.72. The Morgan fingerprint density at radius 2 is 2.18 bits per heavy atom. The second kappa shape index (κ2) is 8.11. The normalized spacial score (nSPS) is 14.6. The van der Waals surface area contributed by atoms with Gasteiger partial charge in [0.05, 0.1) is 5.03 Å². The smallest absolute Gasteiger partial charge is 0.0963 e. The van der Waals surface area contributed by atoms with Crippen molar-refractivity contribution in [3.8, 4) is 0 Å². The highest BCUT2D eigenvalue weighted by molar-refractivity contribution is 9.10. The molecule has 96 valence electrons. The van der Waals surface area contributed by atoms with E-state index in [1.54, 1.807) is 0 Å². The molecule has 2 nitrogen and oxygen atoms in total. The predicted molar refractivity (Wildman–Crippen MR) is 79.6 cm³/mol. The van der Waals surface area contributed by atoms with E-state index < -0.39 is 0 Å². The van der Waals surface area contributed by atoms with Crippen molar-refractivity contribution in [1.82, 2.24) is 10.3 Å². The summed E-state index contributed by atoms with van der Waals surface area (Å²) in [5.41, 5.74) is 0. The number of rotatable bonds is 7. The van der Waals surface area contributed by atoms with Crippen LogP contribution in [-0.2, 0) is 0 Å². The molecule has 1 rings (SSSR count). The van der Waals surface area contributed by atoms with Crippen LogP contribution in [0.15, 0.2) is 27.8 Å². The molecule has 1 aromatic rings. The topological polar surface area (TPSA) is 24.9 Å². The van der Waals surface area contributed by atoms with E-state index in [2.05, 4.69) is 53.1 Å². The summed E-state index contributed by atoms with van der Waals surface area (Å²) in [5.74, 6) is 0. The Kier molecular flexibility index (Phi) is 7.16. The maximum absolute atomic E-state index is 4.37. The Bertz CT molecular complexity index is 316. The third kappa shape index (κ3) is 6.43. The van der Waals surface area contributed by atoms with Gasteiger partial charge in [0.1, 0.15) is 0 Å². The largest absolute Gasteiger partial charge is 0.313 e. The zero-order valence-electron chi connectivity index (χ0n) is 10.7. The van der Waals surface area contributed by atoms with Gasteiger partial charge in [0.15, 0.2) is 0 Å². The number of hydrogen-bond donors (Lipinski definition) is 1. The Hall–Kier alpha value is -0.0600.